The Labute approximate surface area is 237 Å². The van der Waals surface area contributed by atoms with E-state index in [4.69, 9.17) is 9.47 Å². The molecular formula is C31H39FN2O5S. The molecule has 9 heteroatoms. The molecule has 0 radical (unpaired) electrons. The van der Waals surface area contributed by atoms with Crippen LogP contribution in [0.1, 0.15) is 63.1 Å². The third-order valence-electron chi connectivity index (χ3n) is 7.45. The minimum absolute atomic E-state index is 0.254. The first-order valence-corrected chi connectivity index (χ1v) is 15.3. The van der Waals surface area contributed by atoms with Crippen molar-refractivity contribution < 1.29 is 26.8 Å². The van der Waals surface area contributed by atoms with Crippen LogP contribution in [0.3, 0.4) is 0 Å². The fraction of sp³-hybridized carbons (Fsp3) is 0.452. The van der Waals surface area contributed by atoms with Crippen LogP contribution in [0.15, 0.2) is 54.7 Å². The van der Waals surface area contributed by atoms with Gasteiger partial charge in [-0.15, -0.1) is 0 Å². The minimum atomic E-state index is -4.09. The summed E-state index contributed by atoms with van der Waals surface area (Å²) in [5.41, 5.74) is 3.94. The van der Waals surface area contributed by atoms with Crippen molar-refractivity contribution in [3.8, 4) is 22.8 Å². The van der Waals surface area contributed by atoms with Gasteiger partial charge in [0, 0.05) is 36.2 Å². The number of benzene rings is 2. The van der Waals surface area contributed by atoms with E-state index in [0.29, 0.717) is 23.7 Å². The summed E-state index contributed by atoms with van der Waals surface area (Å²) < 4.78 is 59.0. The lowest BCUT2D eigenvalue weighted by molar-refractivity contribution is 0.166. The van der Waals surface area contributed by atoms with E-state index in [1.54, 1.807) is 6.07 Å². The van der Waals surface area contributed by atoms with Crippen molar-refractivity contribution in [1.82, 2.24) is 9.88 Å². The lowest BCUT2D eigenvalue weighted by atomic mass is 9.96. The number of hydrogen-bond acceptors (Lipinski definition) is 6. The molecule has 2 aromatic carbocycles. The molecule has 216 valence electrons. The smallest absolute Gasteiger partial charge is 0.265 e. The Kier molecular flexibility index (Phi) is 9.48. The molecule has 1 fully saturated rings. The SMILES string of the molecule is COc1cc(-c2ccc(COc3cccc([C@@H](CS(=O)(=O)O)C4CC4)c3)cc2CN(C(C)C)C(C)C)c(F)cn1. The first-order chi connectivity index (χ1) is 18.9. The van der Waals surface area contributed by atoms with Crippen LogP contribution in [0.4, 0.5) is 4.39 Å². The minimum Gasteiger partial charge on any atom is -0.489 e. The van der Waals surface area contributed by atoms with Gasteiger partial charge in [-0.05, 0) is 80.8 Å². The van der Waals surface area contributed by atoms with E-state index in [1.165, 1.54) is 13.3 Å². The molecule has 1 aromatic heterocycles. The van der Waals surface area contributed by atoms with Crippen molar-refractivity contribution in [1.29, 1.82) is 0 Å². The maximum absolute atomic E-state index is 15.0. The molecule has 1 aliphatic carbocycles. The van der Waals surface area contributed by atoms with Crippen molar-refractivity contribution in [3.05, 3.63) is 77.2 Å². The van der Waals surface area contributed by atoms with Gasteiger partial charge in [-0.1, -0.05) is 30.3 Å². The Morgan fingerprint density at radius 3 is 2.40 bits per heavy atom. The van der Waals surface area contributed by atoms with Crippen molar-refractivity contribution in [2.75, 3.05) is 12.9 Å². The maximum atomic E-state index is 15.0. The predicted molar refractivity (Wildman–Crippen MR) is 155 cm³/mol. The highest BCUT2D eigenvalue weighted by molar-refractivity contribution is 7.85. The highest BCUT2D eigenvalue weighted by atomic mass is 32.2. The molecule has 1 heterocycles. The van der Waals surface area contributed by atoms with Gasteiger partial charge in [0.15, 0.2) is 0 Å². The van der Waals surface area contributed by atoms with Gasteiger partial charge in [-0.25, -0.2) is 9.37 Å². The molecule has 7 nitrogen and oxygen atoms in total. The normalized spacial score (nSPS) is 14.7. The zero-order valence-electron chi connectivity index (χ0n) is 23.8. The standard InChI is InChI=1S/C31H39FN2O5S/c1-20(2)34(21(3)4)17-25-13-22(9-12-27(25)28-15-31(38-5)33-16-30(28)32)18-39-26-8-6-7-24(14-26)29(23-10-11-23)19-40(35,36)37/h6-9,12-16,20-21,23,29H,10-11,17-19H2,1-5H3,(H,35,36,37)/t29-/m0/s1. The summed E-state index contributed by atoms with van der Waals surface area (Å²) in [5.74, 6) is 0.264. The summed E-state index contributed by atoms with van der Waals surface area (Å²) in [4.78, 5) is 6.33. The molecular weight excluding hydrogens is 531 g/mol. The molecule has 0 aliphatic heterocycles. The number of rotatable bonds is 13. The summed E-state index contributed by atoms with van der Waals surface area (Å²) in [5, 5.41) is 0. The first kappa shape index (κ1) is 30.0. The number of ether oxygens (including phenoxy) is 2. The highest BCUT2D eigenvalue weighted by Crippen LogP contribution is 2.44. The van der Waals surface area contributed by atoms with Gasteiger partial charge in [-0.3, -0.25) is 9.45 Å². The maximum Gasteiger partial charge on any atom is 0.265 e. The van der Waals surface area contributed by atoms with Crippen LogP contribution in [-0.4, -0.2) is 47.8 Å². The summed E-state index contributed by atoms with van der Waals surface area (Å²) in [6, 6.07) is 15.5. The fourth-order valence-electron chi connectivity index (χ4n) is 5.26. The monoisotopic (exact) mass is 570 g/mol. The molecule has 4 rings (SSSR count). The van der Waals surface area contributed by atoms with Crippen LogP contribution >= 0.6 is 0 Å². The number of methoxy groups -OCH3 is 1. The number of pyridine rings is 1. The second-order valence-corrected chi connectivity index (χ2v) is 12.6. The van der Waals surface area contributed by atoms with Crippen LogP contribution in [0.2, 0.25) is 0 Å². The Morgan fingerprint density at radius 2 is 1.77 bits per heavy atom. The Balaban J connectivity index is 1.61. The zero-order valence-corrected chi connectivity index (χ0v) is 24.6. The molecule has 1 N–H and O–H groups in total. The molecule has 0 saturated heterocycles. The largest absolute Gasteiger partial charge is 0.489 e. The van der Waals surface area contributed by atoms with Crippen molar-refractivity contribution in [2.24, 2.45) is 5.92 Å². The third-order valence-corrected chi connectivity index (χ3v) is 8.23. The first-order valence-electron chi connectivity index (χ1n) is 13.7. The molecule has 0 bridgehead atoms. The van der Waals surface area contributed by atoms with Gasteiger partial charge in [0.25, 0.3) is 10.1 Å². The number of aromatic nitrogens is 1. The van der Waals surface area contributed by atoms with E-state index in [9.17, 15) is 17.4 Å². The molecule has 1 aliphatic rings. The van der Waals surface area contributed by atoms with Crippen LogP contribution in [0.25, 0.3) is 11.1 Å². The number of nitrogens with zero attached hydrogens (tertiary/aromatic N) is 2. The van der Waals surface area contributed by atoms with Crippen LogP contribution in [0, 0.1) is 11.7 Å². The Bertz CT molecular complexity index is 1410. The van der Waals surface area contributed by atoms with E-state index >= 15 is 0 Å². The highest BCUT2D eigenvalue weighted by Gasteiger charge is 2.35. The Morgan fingerprint density at radius 1 is 1.05 bits per heavy atom. The van der Waals surface area contributed by atoms with Crippen molar-refractivity contribution >= 4 is 10.1 Å². The van der Waals surface area contributed by atoms with Crippen molar-refractivity contribution in [2.45, 2.75) is 71.7 Å². The second kappa shape index (κ2) is 12.7. The van der Waals surface area contributed by atoms with Gasteiger partial charge in [0.1, 0.15) is 18.2 Å². The van der Waals surface area contributed by atoms with Crippen LogP contribution in [-0.2, 0) is 23.3 Å². The average Bonchev–Trinajstić information content (AvgIpc) is 3.74. The molecule has 0 amide bonds. The predicted octanol–water partition coefficient (Wildman–Crippen LogP) is 6.48. The molecule has 1 atom stereocenters. The van der Waals surface area contributed by atoms with Gasteiger partial charge < -0.3 is 9.47 Å². The summed E-state index contributed by atoms with van der Waals surface area (Å²) in [6.45, 7) is 9.49. The van der Waals surface area contributed by atoms with E-state index in [0.717, 1.165) is 35.1 Å². The lowest BCUT2D eigenvalue weighted by Crippen LogP contribution is -2.36. The quantitative estimate of drug-likeness (QED) is 0.236. The van der Waals surface area contributed by atoms with Gasteiger partial charge >= 0.3 is 0 Å². The van der Waals surface area contributed by atoms with Gasteiger partial charge in [0.05, 0.1) is 19.1 Å². The van der Waals surface area contributed by atoms with Gasteiger partial charge in [-0.2, -0.15) is 8.42 Å². The van der Waals surface area contributed by atoms with Crippen LogP contribution in [0.5, 0.6) is 11.6 Å². The summed E-state index contributed by atoms with van der Waals surface area (Å²) in [7, 11) is -2.58. The van der Waals surface area contributed by atoms with Crippen molar-refractivity contribution in [3.63, 3.8) is 0 Å². The molecule has 3 aromatic rings. The Hall–Kier alpha value is -3.01. The second-order valence-electron chi connectivity index (χ2n) is 11.1. The van der Waals surface area contributed by atoms with E-state index in [-0.39, 0.29) is 36.3 Å². The zero-order chi connectivity index (χ0) is 29.0. The average molecular weight is 571 g/mol. The number of hydrogen-bond donors (Lipinski definition) is 1. The summed E-state index contributed by atoms with van der Waals surface area (Å²) >= 11 is 0. The van der Waals surface area contributed by atoms with E-state index < -0.39 is 15.9 Å². The van der Waals surface area contributed by atoms with E-state index in [2.05, 4.69) is 43.6 Å². The topological polar surface area (TPSA) is 89.0 Å². The third kappa shape index (κ3) is 7.80. The van der Waals surface area contributed by atoms with Crippen LogP contribution < -0.4 is 9.47 Å². The molecule has 40 heavy (non-hydrogen) atoms. The molecule has 0 unspecified atom stereocenters. The lowest BCUT2D eigenvalue weighted by Gasteiger charge is -2.31. The number of halogens is 1. The van der Waals surface area contributed by atoms with Gasteiger partial charge in [0.2, 0.25) is 5.88 Å². The molecule has 0 spiro atoms. The van der Waals surface area contributed by atoms with E-state index in [1.807, 2.05) is 36.4 Å². The fourth-order valence-corrected chi connectivity index (χ4v) is 6.18. The summed E-state index contributed by atoms with van der Waals surface area (Å²) in [6.07, 6.45) is 3.09. The molecule has 1 saturated carbocycles.